The lowest BCUT2D eigenvalue weighted by atomic mass is 10.2. The van der Waals surface area contributed by atoms with E-state index in [1.54, 1.807) is 11.8 Å². The second-order valence-electron chi connectivity index (χ2n) is 3.89. The normalized spacial score (nSPS) is 19.7. The first-order valence-corrected chi connectivity index (χ1v) is 6.67. The lowest BCUT2D eigenvalue weighted by Crippen LogP contribution is -2.36. The molecule has 1 aliphatic heterocycles. The molecule has 0 aromatic heterocycles. The number of rotatable bonds is 3. The highest BCUT2D eigenvalue weighted by molar-refractivity contribution is 7.98. The monoisotopic (exact) mass is 236 g/mol. The average molecular weight is 236 g/mol. The van der Waals surface area contributed by atoms with Crippen molar-refractivity contribution < 1.29 is 4.79 Å². The second kappa shape index (κ2) is 5.37. The van der Waals surface area contributed by atoms with Gasteiger partial charge in [0.2, 0.25) is 0 Å². The first kappa shape index (κ1) is 11.5. The first-order valence-electron chi connectivity index (χ1n) is 5.45. The molecular weight excluding hydrogens is 220 g/mol. The van der Waals surface area contributed by atoms with Crippen molar-refractivity contribution in [1.82, 2.24) is 10.6 Å². The van der Waals surface area contributed by atoms with Crippen molar-refractivity contribution in [2.45, 2.75) is 17.4 Å². The van der Waals surface area contributed by atoms with Crippen molar-refractivity contribution >= 4 is 17.7 Å². The molecular formula is C12H16N2OS. The zero-order chi connectivity index (χ0) is 11.4. The van der Waals surface area contributed by atoms with Crippen LogP contribution in [0.1, 0.15) is 16.8 Å². The number of nitrogens with one attached hydrogen (secondary N) is 2. The summed E-state index contributed by atoms with van der Waals surface area (Å²) >= 11 is 1.68. The van der Waals surface area contributed by atoms with Crippen molar-refractivity contribution in [2.24, 2.45) is 0 Å². The lowest BCUT2D eigenvalue weighted by molar-refractivity contribution is 0.0940. The van der Waals surface area contributed by atoms with Crippen molar-refractivity contribution in [3.63, 3.8) is 0 Å². The lowest BCUT2D eigenvalue weighted by Gasteiger charge is -2.11. The number of carbonyl (C=O) groups excluding carboxylic acids is 1. The van der Waals surface area contributed by atoms with Gasteiger partial charge >= 0.3 is 0 Å². The van der Waals surface area contributed by atoms with Gasteiger partial charge in [0, 0.05) is 23.0 Å². The van der Waals surface area contributed by atoms with Gasteiger partial charge < -0.3 is 10.6 Å². The largest absolute Gasteiger partial charge is 0.348 e. The highest BCUT2D eigenvalue weighted by Gasteiger charge is 2.17. The Labute approximate surface area is 100.0 Å². The third kappa shape index (κ3) is 2.77. The molecule has 16 heavy (non-hydrogen) atoms. The molecule has 0 bridgehead atoms. The Bertz CT molecular complexity index is 358. The minimum absolute atomic E-state index is 0.0290. The number of benzene rings is 1. The van der Waals surface area contributed by atoms with Crippen LogP contribution in [0.4, 0.5) is 0 Å². The fourth-order valence-electron chi connectivity index (χ4n) is 1.79. The van der Waals surface area contributed by atoms with Gasteiger partial charge in [-0.3, -0.25) is 4.79 Å². The molecule has 1 saturated heterocycles. The molecule has 0 radical (unpaired) electrons. The van der Waals surface area contributed by atoms with E-state index in [4.69, 9.17) is 0 Å². The van der Waals surface area contributed by atoms with E-state index in [0.717, 1.165) is 25.1 Å². The number of amides is 1. The van der Waals surface area contributed by atoms with Gasteiger partial charge in [-0.25, -0.2) is 0 Å². The van der Waals surface area contributed by atoms with Crippen LogP contribution in [0, 0.1) is 0 Å². The summed E-state index contributed by atoms with van der Waals surface area (Å²) in [6.07, 6.45) is 3.05. The van der Waals surface area contributed by atoms with Gasteiger partial charge in [0.15, 0.2) is 0 Å². The zero-order valence-electron chi connectivity index (χ0n) is 9.32. The molecule has 86 valence electrons. The summed E-state index contributed by atoms with van der Waals surface area (Å²) in [6, 6.07) is 8.00. The minimum atomic E-state index is 0.0290. The number of carbonyl (C=O) groups is 1. The maximum atomic E-state index is 11.9. The standard InChI is InChI=1S/C12H16N2OS/c1-16-11-4-2-9(3-5-11)12(15)14-10-6-7-13-8-10/h2-5,10,13H,6-8H2,1H3,(H,14,15)/t10-/m1/s1. The van der Waals surface area contributed by atoms with Crippen LogP contribution < -0.4 is 10.6 Å². The fourth-order valence-corrected chi connectivity index (χ4v) is 2.20. The van der Waals surface area contributed by atoms with Crippen LogP contribution in [0.3, 0.4) is 0 Å². The van der Waals surface area contributed by atoms with Crippen LogP contribution in [0.15, 0.2) is 29.2 Å². The van der Waals surface area contributed by atoms with E-state index in [1.807, 2.05) is 30.5 Å². The molecule has 1 amide bonds. The van der Waals surface area contributed by atoms with Gasteiger partial charge in [-0.2, -0.15) is 0 Å². The van der Waals surface area contributed by atoms with Crippen LogP contribution in [0.5, 0.6) is 0 Å². The van der Waals surface area contributed by atoms with E-state index < -0.39 is 0 Å². The molecule has 0 saturated carbocycles. The Kier molecular flexibility index (Phi) is 3.85. The fraction of sp³-hybridized carbons (Fsp3) is 0.417. The van der Waals surface area contributed by atoms with Crippen LogP contribution in [0.2, 0.25) is 0 Å². The number of hydrogen-bond donors (Lipinski definition) is 2. The molecule has 2 rings (SSSR count). The molecule has 1 heterocycles. The molecule has 1 atom stereocenters. The molecule has 1 aromatic rings. The summed E-state index contributed by atoms with van der Waals surface area (Å²) in [5, 5.41) is 6.25. The minimum Gasteiger partial charge on any atom is -0.348 e. The summed E-state index contributed by atoms with van der Waals surface area (Å²) < 4.78 is 0. The van der Waals surface area contributed by atoms with Crippen LogP contribution in [-0.2, 0) is 0 Å². The Morgan fingerprint density at radius 1 is 1.44 bits per heavy atom. The Hall–Kier alpha value is -1.00. The molecule has 3 nitrogen and oxygen atoms in total. The Balaban J connectivity index is 1.97. The van der Waals surface area contributed by atoms with Crippen molar-refractivity contribution in [2.75, 3.05) is 19.3 Å². The van der Waals surface area contributed by atoms with Crippen molar-refractivity contribution in [3.8, 4) is 0 Å². The molecule has 1 aliphatic rings. The van der Waals surface area contributed by atoms with Gasteiger partial charge in [0.1, 0.15) is 0 Å². The molecule has 0 spiro atoms. The first-order chi connectivity index (χ1) is 7.79. The molecule has 0 aliphatic carbocycles. The Morgan fingerprint density at radius 3 is 2.75 bits per heavy atom. The van der Waals surface area contributed by atoms with Crippen LogP contribution in [0.25, 0.3) is 0 Å². The van der Waals surface area contributed by atoms with E-state index in [0.29, 0.717) is 0 Å². The Morgan fingerprint density at radius 2 is 2.19 bits per heavy atom. The topological polar surface area (TPSA) is 41.1 Å². The van der Waals surface area contributed by atoms with E-state index in [-0.39, 0.29) is 11.9 Å². The highest BCUT2D eigenvalue weighted by atomic mass is 32.2. The van der Waals surface area contributed by atoms with Gasteiger partial charge in [0.25, 0.3) is 5.91 Å². The summed E-state index contributed by atoms with van der Waals surface area (Å²) in [4.78, 5) is 13.0. The third-order valence-electron chi connectivity index (χ3n) is 2.75. The molecule has 2 N–H and O–H groups in total. The quantitative estimate of drug-likeness (QED) is 0.781. The summed E-state index contributed by atoms with van der Waals surface area (Å²) in [7, 11) is 0. The SMILES string of the molecule is CSc1ccc(C(=O)N[C@@H]2CCNC2)cc1. The van der Waals surface area contributed by atoms with Crippen molar-refractivity contribution in [3.05, 3.63) is 29.8 Å². The van der Waals surface area contributed by atoms with Gasteiger partial charge in [0.05, 0.1) is 0 Å². The third-order valence-corrected chi connectivity index (χ3v) is 3.49. The van der Waals surface area contributed by atoms with Gasteiger partial charge in [-0.05, 0) is 43.5 Å². The van der Waals surface area contributed by atoms with E-state index in [9.17, 15) is 4.79 Å². The van der Waals surface area contributed by atoms with Crippen LogP contribution in [-0.4, -0.2) is 31.3 Å². The van der Waals surface area contributed by atoms with Gasteiger partial charge in [-0.15, -0.1) is 11.8 Å². The number of thioether (sulfide) groups is 1. The highest BCUT2D eigenvalue weighted by Crippen LogP contribution is 2.14. The zero-order valence-corrected chi connectivity index (χ0v) is 10.1. The predicted octanol–water partition coefficient (Wildman–Crippen LogP) is 1.50. The number of hydrogen-bond acceptors (Lipinski definition) is 3. The van der Waals surface area contributed by atoms with Crippen molar-refractivity contribution in [1.29, 1.82) is 0 Å². The van der Waals surface area contributed by atoms with Gasteiger partial charge in [-0.1, -0.05) is 0 Å². The van der Waals surface area contributed by atoms with E-state index in [2.05, 4.69) is 10.6 Å². The summed E-state index contributed by atoms with van der Waals surface area (Å²) in [5.41, 5.74) is 0.740. The average Bonchev–Trinajstić information content (AvgIpc) is 2.82. The molecule has 1 fully saturated rings. The molecule has 1 aromatic carbocycles. The predicted molar refractivity (Wildman–Crippen MR) is 67.0 cm³/mol. The second-order valence-corrected chi connectivity index (χ2v) is 4.77. The summed E-state index contributed by atoms with van der Waals surface area (Å²) in [5.74, 6) is 0.0290. The summed E-state index contributed by atoms with van der Waals surface area (Å²) in [6.45, 7) is 1.88. The molecule has 0 unspecified atom stereocenters. The van der Waals surface area contributed by atoms with E-state index >= 15 is 0 Å². The molecule has 4 heteroatoms. The maximum Gasteiger partial charge on any atom is 0.251 e. The van der Waals surface area contributed by atoms with Crippen LogP contribution >= 0.6 is 11.8 Å². The van der Waals surface area contributed by atoms with E-state index in [1.165, 1.54) is 4.90 Å². The maximum absolute atomic E-state index is 11.9. The smallest absolute Gasteiger partial charge is 0.251 e.